The molecule has 44 heavy (non-hydrogen) atoms. The van der Waals surface area contributed by atoms with Crippen LogP contribution in [0.1, 0.15) is 115 Å². The molecular weight excluding hydrogens is 756 g/mol. The average Bonchev–Trinajstić information content (AvgIpc) is 2.97. The maximum Gasteiger partial charge on any atom is 2.00 e. The zero-order valence-electron chi connectivity index (χ0n) is 27.7. The SMILES string of the molecule is CCCCCCc1[c-]cccc1.CCCCCCc1[c-]cccc1.CCCCCCc1[c-]cccc1.[O-]P([O-])(=S)[S-].[Zn+2].[Zn+2].[Zn+2]. The van der Waals surface area contributed by atoms with Gasteiger partial charge in [-0.25, -0.2) is 0 Å². The summed E-state index contributed by atoms with van der Waals surface area (Å²) in [6.45, 7) is 6.73. The van der Waals surface area contributed by atoms with E-state index in [0.717, 1.165) is 0 Å². The molecule has 3 aromatic carbocycles. The first kappa shape index (κ1) is 51.3. The Morgan fingerprint density at radius 3 is 0.955 bits per heavy atom. The summed E-state index contributed by atoms with van der Waals surface area (Å²) in [5.41, 5.74) is 0.343. The van der Waals surface area contributed by atoms with E-state index in [9.17, 15) is 9.79 Å². The molecule has 2 nitrogen and oxygen atoms in total. The molecule has 0 saturated heterocycles. The molecule has 8 heteroatoms. The van der Waals surface area contributed by atoms with Crippen LogP contribution >= 0.6 is 5.69 Å². The van der Waals surface area contributed by atoms with Crippen molar-refractivity contribution in [3.05, 3.63) is 108 Å². The monoisotopic (exact) mass is 802 g/mol. The molecule has 0 aliphatic heterocycles. The van der Waals surface area contributed by atoms with Gasteiger partial charge in [-0.1, -0.05) is 117 Å². The average molecular weight is 807 g/mol. The maximum atomic E-state index is 9.29. The maximum absolute atomic E-state index is 9.29. The summed E-state index contributed by atoms with van der Waals surface area (Å²) in [6, 6.07) is 34.5. The van der Waals surface area contributed by atoms with Gasteiger partial charge in [-0.15, -0.1) is 0 Å². The predicted octanol–water partition coefficient (Wildman–Crippen LogP) is 9.30. The van der Waals surface area contributed by atoms with Crippen LogP contribution in [0.3, 0.4) is 0 Å². The van der Waals surface area contributed by atoms with Crippen molar-refractivity contribution < 1.29 is 68.2 Å². The molecule has 0 saturated carbocycles. The van der Waals surface area contributed by atoms with Crippen LogP contribution < -0.4 is 9.79 Å². The van der Waals surface area contributed by atoms with Gasteiger partial charge in [0, 0.05) is 0 Å². The second-order valence-electron chi connectivity index (χ2n) is 10.0. The van der Waals surface area contributed by atoms with Crippen molar-refractivity contribution in [3.63, 3.8) is 0 Å². The quantitative estimate of drug-likeness (QED) is 0.0506. The third kappa shape index (κ3) is 40.5. The standard InChI is InChI=1S/3C12H17.H3O2PS2.3Zn/c3*1-2-3-4-6-9-12-10-7-5-8-11-12;1-3(2,4)5;;;/h3*5,7-8,10H,2-4,6,9H2,1H3;(H3,1,2,4,5);;;/q3*-1;;3*+2/p-3. The fraction of sp³-hybridized carbons (Fsp3) is 0.500. The van der Waals surface area contributed by atoms with Crippen molar-refractivity contribution in [2.75, 3.05) is 0 Å². The molecule has 0 aromatic heterocycles. The minimum absolute atomic E-state index is 0. The Balaban J connectivity index is -0.000000246. The van der Waals surface area contributed by atoms with Crippen LogP contribution in [0.15, 0.2) is 72.8 Å². The molecule has 0 heterocycles. The van der Waals surface area contributed by atoms with Crippen LogP contribution in [0, 0.1) is 18.2 Å². The fourth-order valence-corrected chi connectivity index (χ4v) is 3.98. The van der Waals surface area contributed by atoms with E-state index < -0.39 is 5.69 Å². The predicted molar refractivity (Wildman–Crippen MR) is 181 cm³/mol. The van der Waals surface area contributed by atoms with Gasteiger partial charge < -0.3 is 27.7 Å². The molecule has 0 amide bonds. The molecule has 0 spiro atoms. The molecule has 0 aliphatic rings. The van der Waals surface area contributed by atoms with Crippen molar-refractivity contribution >= 4 is 29.7 Å². The van der Waals surface area contributed by atoms with E-state index in [1.807, 2.05) is 36.4 Å². The third-order valence-electron chi connectivity index (χ3n) is 6.22. The smallest absolute Gasteiger partial charge is 0.850 e. The van der Waals surface area contributed by atoms with Crippen LogP contribution in [0.25, 0.3) is 0 Å². The summed E-state index contributed by atoms with van der Waals surface area (Å²) in [7, 11) is 0. The van der Waals surface area contributed by atoms with Gasteiger partial charge in [0.15, 0.2) is 0 Å². The van der Waals surface area contributed by atoms with Crippen molar-refractivity contribution in [1.29, 1.82) is 0 Å². The Bertz CT molecular complexity index is 857. The van der Waals surface area contributed by atoms with E-state index >= 15 is 0 Å². The largest absolute Gasteiger partial charge is 2.00 e. The van der Waals surface area contributed by atoms with E-state index in [-0.39, 0.29) is 58.4 Å². The Morgan fingerprint density at radius 1 is 0.523 bits per heavy atom. The Hall–Kier alpha value is 0.450. The van der Waals surface area contributed by atoms with E-state index in [1.165, 1.54) is 113 Å². The summed E-state index contributed by atoms with van der Waals surface area (Å²) in [5.74, 6) is 0. The minimum Gasteiger partial charge on any atom is -0.850 e. The minimum atomic E-state index is -3.72. The molecule has 0 atom stereocenters. The number of aryl methyl sites for hydroxylation is 3. The Kier molecular flexibility index (Phi) is 44.2. The molecule has 230 valence electrons. The van der Waals surface area contributed by atoms with Gasteiger partial charge in [0.2, 0.25) is 0 Å². The molecule has 0 N–H and O–H groups in total. The summed E-state index contributed by atoms with van der Waals surface area (Å²) in [6.07, 6.45) is 19.7. The van der Waals surface area contributed by atoms with E-state index in [4.69, 9.17) is 0 Å². The van der Waals surface area contributed by atoms with Gasteiger partial charge >= 0.3 is 58.4 Å². The van der Waals surface area contributed by atoms with Gasteiger partial charge in [-0.2, -0.15) is 119 Å². The summed E-state index contributed by atoms with van der Waals surface area (Å²) in [5, 5.41) is 0. The fourth-order valence-electron chi connectivity index (χ4n) is 3.98. The zero-order valence-corrected chi connectivity index (χ0v) is 39.2. The van der Waals surface area contributed by atoms with E-state index in [1.54, 1.807) is 0 Å². The second kappa shape index (κ2) is 37.9. The first-order chi connectivity index (χ1) is 19.8. The zero-order chi connectivity index (χ0) is 30.4. The van der Waals surface area contributed by atoms with Gasteiger partial charge in [0.05, 0.1) is 0 Å². The molecule has 0 unspecified atom stereocenters. The summed E-state index contributed by atoms with van der Waals surface area (Å²) >= 11 is 7.28. The van der Waals surface area contributed by atoms with Crippen LogP contribution in [-0.2, 0) is 102 Å². The number of hydrogen-bond acceptors (Lipinski definition) is 4. The Morgan fingerprint density at radius 2 is 0.773 bits per heavy atom. The number of unbranched alkanes of at least 4 members (excludes halogenated alkanes) is 9. The van der Waals surface area contributed by atoms with Crippen LogP contribution in [0.4, 0.5) is 0 Å². The number of benzene rings is 3. The number of hydrogen-bond donors (Lipinski definition) is 0. The third-order valence-corrected chi connectivity index (χ3v) is 6.22. The van der Waals surface area contributed by atoms with Crippen molar-refractivity contribution in [3.8, 4) is 0 Å². The number of rotatable bonds is 15. The first-order valence-electron chi connectivity index (χ1n) is 15.4. The van der Waals surface area contributed by atoms with Gasteiger partial charge in [-0.05, 0) is 0 Å². The summed E-state index contributed by atoms with van der Waals surface area (Å²) < 4.78 is 0. The first-order valence-corrected chi connectivity index (χ1v) is 19.0. The molecule has 0 bridgehead atoms. The molecule has 3 aromatic rings. The topological polar surface area (TPSA) is 46.1 Å². The van der Waals surface area contributed by atoms with Crippen molar-refractivity contribution in [2.45, 2.75) is 117 Å². The van der Waals surface area contributed by atoms with Gasteiger partial charge in [0.25, 0.3) is 0 Å². The molecular formula is C36H51O2PS2Zn3. The van der Waals surface area contributed by atoms with Crippen LogP contribution in [0.2, 0.25) is 0 Å². The second-order valence-corrected chi connectivity index (χ2v) is 14.5. The van der Waals surface area contributed by atoms with E-state index in [0.29, 0.717) is 0 Å². The van der Waals surface area contributed by atoms with Crippen molar-refractivity contribution in [1.82, 2.24) is 0 Å². The van der Waals surface area contributed by atoms with E-state index in [2.05, 4.69) is 99.4 Å². The Labute approximate surface area is 320 Å². The molecule has 0 radical (unpaired) electrons. The van der Waals surface area contributed by atoms with Crippen LogP contribution in [-0.4, -0.2) is 0 Å². The molecule has 0 aliphatic carbocycles. The van der Waals surface area contributed by atoms with Crippen molar-refractivity contribution in [2.24, 2.45) is 0 Å². The van der Waals surface area contributed by atoms with Gasteiger partial charge in [0.1, 0.15) is 0 Å². The van der Waals surface area contributed by atoms with Gasteiger partial charge in [-0.3, -0.25) is 0 Å². The normalized spacial score (nSPS) is 9.59. The molecule has 0 fully saturated rings. The molecule has 3 rings (SSSR count). The summed E-state index contributed by atoms with van der Waals surface area (Å²) in [4.78, 5) is 18.6. The van der Waals surface area contributed by atoms with Crippen LogP contribution in [0.5, 0.6) is 0 Å².